The van der Waals surface area contributed by atoms with Crippen LogP contribution in [0.1, 0.15) is 5.56 Å². The third kappa shape index (κ3) is 2.27. The first-order valence-electron chi connectivity index (χ1n) is 7.35. The van der Waals surface area contributed by atoms with Gasteiger partial charge in [0.2, 0.25) is 0 Å². The molecule has 0 N–H and O–H groups in total. The first kappa shape index (κ1) is 12.8. The van der Waals surface area contributed by atoms with Gasteiger partial charge in [0.05, 0.1) is 5.69 Å². The van der Waals surface area contributed by atoms with Crippen LogP contribution in [0.4, 0.5) is 0 Å². The smallest absolute Gasteiger partial charge is 0.0710 e. The van der Waals surface area contributed by atoms with E-state index in [1.165, 1.54) is 38.4 Å². The second-order valence-electron chi connectivity index (χ2n) is 5.40. The van der Waals surface area contributed by atoms with Gasteiger partial charge in [0.1, 0.15) is 0 Å². The SMILES string of the molecule is C=Cc1cccc2cc3ccccc3cc12.c1cc2cc-2n1. The zero-order chi connectivity index (χ0) is 14.9. The Morgan fingerprint density at radius 3 is 2.14 bits per heavy atom. The summed E-state index contributed by atoms with van der Waals surface area (Å²) in [7, 11) is 0. The Bertz CT molecular complexity index is 981. The van der Waals surface area contributed by atoms with Crippen LogP contribution in [-0.4, -0.2) is 4.98 Å². The molecule has 5 rings (SSSR count). The maximum Gasteiger partial charge on any atom is 0.0710 e. The van der Waals surface area contributed by atoms with Crippen LogP contribution in [0.15, 0.2) is 79.5 Å². The number of hydrogen-bond donors (Lipinski definition) is 0. The summed E-state index contributed by atoms with van der Waals surface area (Å²) in [5.74, 6) is 0. The van der Waals surface area contributed by atoms with Gasteiger partial charge in [0.25, 0.3) is 0 Å². The lowest BCUT2D eigenvalue weighted by Gasteiger charge is -2.04. The molecule has 1 aliphatic carbocycles. The van der Waals surface area contributed by atoms with Crippen molar-refractivity contribution in [2.24, 2.45) is 0 Å². The van der Waals surface area contributed by atoms with Crippen molar-refractivity contribution in [1.82, 2.24) is 4.98 Å². The minimum Gasteiger partial charge on any atom is -0.256 e. The predicted octanol–water partition coefficient (Wildman–Crippen LogP) is 5.70. The quantitative estimate of drug-likeness (QED) is 0.359. The zero-order valence-corrected chi connectivity index (χ0v) is 12.2. The van der Waals surface area contributed by atoms with Crippen molar-refractivity contribution in [3.8, 4) is 11.3 Å². The maximum atomic E-state index is 3.95. The van der Waals surface area contributed by atoms with E-state index in [4.69, 9.17) is 0 Å². The minimum absolute atomic E-state index is 1.18. The molecule has 0 amide bonds. The lowest BCUT2D eigenvalue weighted by atomic mass is 10.00. The molecule has 0 saturated heterocycles. The number of aromatic nitrogens is 1. The van der Waals surface area contributed by atoms with Gasteiger partial charge >= 0.3 is 0 Å². The van der Waals surface area contributed by atoms with Crippen molar-refractivity contribution in [2.75, 3.05) is 0 Å². The van der Waals surface area contributed by atoms with Gasteiger partial charge in [-0.05, 0) is 51.4 Å². The largest absolute Gasteiger partial charge is 0.256 e. The molecule has 0 aromatic heterocycles. The molecule has 104 valence electrons. The normalized spacial score (nSPS) is 10.9. The first-order chi connectivity index (χ1) is 10.8. The number of hydrogen-bond acceptors (Lipinski definition) is 1. The van der Waals surface area contributed by atoms with Crippen molar-refractivity contribution >= 4 is 27.6 Å². The fraction of sp³-hybridized carbons (Fsp3) is 0. The lowest BCUT2D eigenvalue weighted by molar-refractivity contribution is 1.45. The monoisotopic (exact) mass is 281 g/mol. The van der Waals surface area contributed by atoms with E-state index in [0.29, 0.717) is 0 Å². The molecule has 1 heteroatoms. The van der Waals surface area contributed by atoms with E-state index in [9.17, 15) is 0 Å². The summed E-state index contributed by atoms with van der Waals surface area (Å²) in [6, 6.07) is 23.3. The second-order valence-corrected chi connectivity index (χ2v) is 5.40. The fourth-order valence-electron chi connectivity index (χ4n) is 2.72. The molecule has 0 atom stereocenters. The van der Waals surface area contributed by atoms with Gasteiger partial charge in [-0.1, -0.05) is 55.1 Å². The van der Waals surface area contributed by atoms with Crippen molar-refractivity contribution in [1.29, 1.82) is 0 Å². The number of rotatable bonds is 1. The van der Waals surface area contributed by atoms with E-state index in [2.05, 4.69) is 72.2 Å². The highest BCUT2D eigenvalue weighted by molar-refractivity contribution is 6.01. The molecular formula is C21H15N. The molecular weight excluding hydrogens is 266 g/mol. The Labute approximate surface area is 129 Å². The number of fused-ring (bicyclic) bond motifs is 3. The second kappa shape index (κ2) is 5.12. The molecule has 1 aliphatic heterocycles. The van der Waals surface area contributed by atoms with Crippen LogP contribution in [0.25, 0.3) is 38.9 Å². The summed E-state index contributed by atoms with van der Waals surface area (Å²) < 4.78 is 0. The summed E-state index contributed by atoms with van der Waals surface area (Å²) in [6.45, 7) is 3.86. The standard InChI is InChI=1S/C16H12.C5H3N/c1-2-12-8-5-9-15-10-13-6-3-4-7-14(13)11-16(12)15;1-2-6-5-3-4(1)5/h2-11H,1H2;1-3H. The van der Waals surface area contributed by atoms with E-state index in [1.807, 2.05) is 18.3 Å². The minimum atomic E-state index is 1.18. The van der Waals surface area contributed by atoms with Crippen LogP contribution >= 0.6 is 0 Å². The topological polar surface area (TPSA) is 12.9 Å². The van der Waals surface area contributed by atoms with Crippen molar-refractivity contribution < 1.29 is 0 Å². The molecule has 3 aromatic rings. The average Bonchev–Trinajstić information content (AvgIpc) is 3.18. The molecule has 0 spiro atoms. The van der Waals surface area contributed by atoms with Crippen LogP contribution in [0.3, 0.4) is 0 Å². The highest BCUT2D eigenvalue weighted by atomic mass is 14.7. The van der Waals surface area contributed by atoms with Gasteiger partial charge in [-0.15, -0.1) is 0 Å². The van der Waals surface area contributed by atoms with Gasteiger partial charge < -0.3 is 0 Å². The van der Waals surface area contributed by atoms with Crippen molar-refractivity contribution in [3.05, 3.63) is 85.1 Å². The van der Waals surface area contributed by atoms with E-state index in [-0.39, 0.29) is 0 Å². The third-order valence-electron chi connectivity index (χ3n) is 3.97. The molecule has 0 saturated carbocycles. The van der Waals surface area contributed by atoms with Gasteiger partial charge in [-0.25, -0.2) is 0 Å². The number of pyridine rings is 1. The van der Waals surface area contributed by atoms with Crippen LogP contribution in [0, 0.1) is 0 Å². The Kier molecular flexibility index (Phi) is 2.97. The summed E-state index contributed by atoms with van der Waals surface area (Å²) in [4.78, 5) is 3.95. The number of nitrogens with zero attached hydrogens (tertiary/aromatic N) is 1. The average molecular weight is 281 g/mol. The van der Waals surface area contributed by atoms with Crippen LogP contribution in [-0.2, 0) is 0 Å². The van der Waals surface area contributed by atoms with E-state index >= 15 is 0 Å². The molecule has 3 aromatic carbocycles. The van der Waals surface area contributed by atoms with Gasteiger partial charge in [0.15, 0.2) is 0 Å². The Balaban J connectivity index is 0.000000172. The fourth-order valence-corrected chi connectivity index (χ4v) is 2.72. The Morgan fingerprint density at radius 1 is 0.773 bits per heavy atom. The Morgan fingerprint density at radius 2 is 1.55 bits per heavy atom. The van der Waals surface area contributed by atoms with Crippen LogP contribution in [0.5, 0.6) is 0 Å². The summed E-state index contributed by atoms with van der Waals surface area (Å²) in [5, 5.41) is 5.12. The highest BCUT2D eigenvalue weighted by Crippen LogP contribution is 2.29. The predicted molar refractivity (Wildman–Crippen MR) is 94.8 cm³/mol. The van der Waals surface area contributed by atoms with Gasteiger partial charge in [-0.3, -0.25) is 4.98 Å². The third-order valence-corrected chi connectivity index (χ3v) is 3.97. The molecule has 22 heavy (non-hydrogen) atoms. The summed E-state index contributed by atoms with van der Waals surface area (Å²) >= 11 is 0. The van der Waals surface area contributed by atoms with Gasteiger partial charge in [0, 0.05) is 11.8 Å². The summed E-state index contributed by atoms with van der Waals surface area (Å²) in [6.07, 6.45) is 3.74. The van der Waals surface area contributed by atoms with Crippen LogP contribution < -0.4 is 0 Å². The lowest BCUT2D eigenvalue weighted by Crippen LogP contribution is -1.79. The van der Waals surface area contributed by atoms with Crippen molar-refractivity contribution in [2.45, 2.75) is 0 Å². The van der Waals surface area contributed by atoms with Gasteiger partial charge in [-0.2, -0.15) is 0 Å². The zero-order valence-electron chi connectivity index (χ0n) is 12.2. The van der Waals surface area contributed by atoms with Crippen molar-refractivity contribution in [3.63, 3.8) is 0 Å². The van der Waals surface area contributed by atoms with E-state index in [0.717, 1.165) is 0 Å². The molecule has 2 aliphatic rings. The number of benzene rings is 3. The molecule has 0 bridgehead atoms. The maximum absolute atomic E-state index is 3.95. The molecule has 0 radical (unpaired) electrons. The highest BCUT2D eigenvalue weighted by Gasteiger charge is 2.09. The molecule has 1 heterocycles. The molecule has 0 fully saturated rings. The first-order valence-corrected chi connectivity index (χ1v) is 7.35. The van der Waals surface area contributed by atoms with Crippen LogP contribution in [0.2, 0.25) is 0 Å². The van der Waals surface area contributed by atoms with E-state index in [1.54, 1.807) is 0 Å². The van der Waals surface area contributed by atoms with E-state index < -0.39 is 0 Å². The molecule has 0 unspecified atom stereocenters. The summed E-state index contributed by atoms with van der Waals surface area (Å²) in [5.41, 5.74) is 3.69. The molecule has 1 nitrogen and oxygen atoms in total. The Hall–Kier alpha value is -2.93.